The molecule has 3 aromatic carbocycles. The van der Waals surface area contributed by atoms with Gasteiger partial charge in [0.25, 0.3) is 0 Å². The highest BCUT2D eigenvalue weighted by atomic mass is 16.5. The van der Waals surface area contributed by atoms with E-state index in [-0.39, 0.29) is 11.8 Å². The van der Waals surface area contributed by atoms with Gasteiger partial charge < -0.3 is 19.7 Å². The van der Waals surface area contributed by atoms with Crippen LogP contribution in [-0.2, 0) is 29.0 Å². The molecule has 35 heavy (non-hydrogen) atoms. The summed E-state index contributed by atoms with van der Waals surface area (Å²) in [6, 6.07) is 24.7. The standard InChI is InChI=1S/C29H34N2O4/c1-22(29(33)30-20-19-24-9-14-26(34-2)15-10-24)31(21-25-11-16-27(35-3)17-12-25)28(32)18-13-23-7-5-4-6-8-23/h4-12,14-17,22H,13,18-21H2,1-3H3,(H,30,33)/t22-/m1/s1. The fourth-order valence-corrected chi connectivity index (χ4v) is 3.82. The maximum absolute atomic E-state index is 13.3. The normalized spacial score (nSPS) is 11.4. The predicted molar refractivity (Wildman–Crippen MR) is 137 cm³/mol. The van der Waals surface area contributed by atoms with Gasteiger partial charge in [-0.2, -0.15) is 0 Å². The molecule has 1 atom stereocenters. The monoisotopic (exact) mass is 474 g/mol. The molecule has 0 aromatic heterocycles. The summed E-state index contributed by atoms with van der Waals surface area (Å²) in [6.07, 6.45) is 1.66. The van der Waals surface area contributed by atoms with Crippen LogP contribution in [0.3, 0.4) is 0 Å². The molecule has 0 spiro atoms. The van der Waals surface area contributed by atoms with E-state index in [1.165, 1.54) is 0 Å². The summed E-state index contributed by atoms with van der Waals surface area (Å²) in [6.45, 7) is 2.63. The average molecular weight is 475 g/mol. The summed E-state index contributed by atoms with van der Waals surface area (Å²) in [4.78, 5) is 27.9. The smallest absolute Gasteiger partial charge is 0.242 e. The van der Waals surface area contributed by atoms with E-state index >= 15 is 0 Å². The number of carbonyl (C=O) groups is 2. The van der Waals surface area contributed by atoms with Gasteiger partial charge in [-0.25, -0.2) is 0 Å². The predicted octanol–water partition coefficient (Wildman–Crippen LogP) is 4.41. The van der Waals surface area contributed by atoms with E-state index in [1.807, 2.05) is 78.9 Å². The molecule has 0 saturated heterocycles. The van der Waals surface area contributed by atoms with Crippen molar-refractivity contribution in [3.8, 4) is 11.5 Å². The number of aryl methyl sites for hydroxylation is 1. The molecule has 0 aliphatic heterocycles. The van der Waals surface area contributed by atoms with Crippen LogP contribution in [0, 0.1) is 0 Å². The number of hydrogen-bond acceptors (Lipinski definition) is 4. The number of rotatable bonds is 12. The molecule has 1 N–H and O–H groups in total. The third-order valence-corrected chi connectivity index (χ3v) is 6.02. The minimum absolute atomic E-state index is 0.0533. The first-order chi connectivity index (χ1) is 17.0. The van der Waals surface area contributed by atoms with Crippen molar-refractivity contribution in [1.82, 2.24) is 10.2 Å². The van der Waals surface area contributed by atoms with Crippen LogP contribution in [0.4, 0.5) is 0 Å². The van der Waals surface area contributed by atoms with Crippen LogP contribution in [-0.4, -0.2) is 43.5 Å². The van der Waals surface area contributed by atoms with E-state index in [4.69, 9.17) is 9.47 Å². The Morgan fingerprint density at radius 3 is 1.89 bits per heavy atom. The molecule has 0 radical (unpaired) electrons. The van der Waals surface area contributed by atoms with Crippen LogP contribution in [0.5, 0.6) is 11.5 Å². The van der Waals surface area contributed by atoms with Gasteiger partial charge in [0.15, 0.2) is 0 Å². The number of nitrogens with one attached hydrogen (secondary N) is 1. The number of amides is 2. The van der Waals surface area contributed by atoms with Crippen molar-refractivity contribution in [1.29, 1.82) is 0 Å². The minimum Gasteiger partial charge on any atom is -0.497 e. The molecular weight excluding hydrogens is 440 g/mol. The van der Waals surface area contributed by atoms with Gasteiger partial charge in [-0.05, 0) is 60.7 Å². The first kappa shape index (κ1) is 25.8. The summed E-state index contributed by atoms with van der Waals surface area (Å²) >= 11 is 0. The van der Waals surface area contributed by atoms with Gasteiger partial charge in [0, 0.05) is 19.5 Å². The molecule has 3 aromatic rings. The fraction of sp³-hybridized carbons (Fsp3) is 0.310. The van der Waals surface area contributed by atoms with E-state index in [0.717, 1.165) is 28.2 Å². The molecule has 0 fully saturated rings. The van der Waals surface area contributed by atoms with E-state index in [0.29, 0.717) is 32.4 Å². The van der Waals surface area contributed by atoms with E-state index in [9.17, 15) is 9.59 Å². The van der Waals surface area contributed by atoms with Gasteiger partial charge in [-0.15, -0.1) is 0 Å². The van der Waals surface area contributed by atoms with Crippen LogP contribution in [0.15, 0.2) is 78.9 Å². The van der Waals surface area contributed by atoms with Crippen molar-refractivity contribution in [3.05, 3.63) is 95.6 Å². The lowest BCUT2D eigenvalue weighted by Gasteiger charge is -2.29. The average Bonchev–Trinajstić information content (AvgIpc) is 2.91. The number of nitrogens with zero attached hydrogens (tertiary/aromatic N) is 1. The zero-order valence-corrected chi connectivity index (χ0v) is 20.7. The van der Waals surface area contributed by atoms with Gasteiger partial charge in [-0.3, -0.25) is 9.59 Å². The molecule has 0 unspecified atom stereocenters. The maximum Gasteiger partial charge on any atom is 0.242 e. The highest BCUT2D eigenvalue weighted by molar-refractivity contribution is 5.87. The lowest BCUT2D eigenvalue weighted by Crippen LogP contribution is -2.48. The Labute approximate surface area is 207 Å². The van der Waals surface area contributed by atoms with Crippen LogP contribution in [0.2, 0.25) is 0 Å². The minimum atomic E-state index is -0.601. The van der Waals surface area contributed by atoms with Crippen LogP contribution >= 0.6 is 0 Å². The van der Waals surface area contributed by atoms with Gasteiger partial charge in [0.1, 0.15) is 17.5 Å². The van der Waals surface area contributed by atoms with Crippen molar-refractivity contribution in [2.24, 2.45) is 0 Å². The molecule has 3 rings (SSSR count). The molecule has 0 aliphatic rings. The molecule has 0 bridgehead atoms. The maximum atomic E-state index is 13.3. The zero-order chi connectivity index (χ0) is 25.0. The van der Waals surface area contributed by atoms with Crippen LogP contribution in [0.1, 0.15) is 30.0 Å². The molecule has 2 amide bonds. The zero-order valence-electron chi connectivity index (χ0n) is 20.7. The lowest BCUT2D eigenvalue weighted by atomic mass is 10.1. The van der Waals surface area contributed by atoms with Crippen molar-refractivity contribution < 1.29 is 19.1 Å². The largest absolute Gasteiger partial charge is 0.497 e. The first-order valence-electron chi connectivity index (χ1n) is 11.9. The molecule has 6 heteroatoms. The van der Waals surface area contributed by atoms with Gasteiger partial charge in [0.2, 0.25) is 11.8 Å². The van der Waals surface area contributed by atoms with E-state index < -0.39 is 6.04 Å². The number of methoxy groups -OCH3 is 2. The SMILES string of the molecule is COc1ccc(CCNC(=O)[C@@H](C)N(Cc2ccc(OC)cc2)C(=O)CCc2ccccc2)cc1. The topological polar surface area (TPSA) is 67.9 Å². The van der Waals surface area contributed by atoms with Gasteiger partial charge in [-0.1, -0.05) is 54.6 Å². The van der Waals surface area contributed by atoms with Crippen molar-refractivity contribution in [2.75, 3.05) is 20.8 Å². The molecule has 0 aliphatic carbocycles. The number of benzene rings is 3. The summed E-state index contributed by atoms with van der Waals surface area (Å²) in [5.74, 6) is 1.33. The van der Waals surface area contributed by atoms with Crippen LogP contribution in [0.25, 0.3) is 0 Å². The molecule has 184 valence electrons. The Morgan fingerprint density at radius 2 is 1.31 bits per heavy atom. The molecule has 0 saturated carbocycles. The first-order valence-corrected chi connectivity index (χ1v) is 11.9. The number of carbonyl (C=O) groups excluding carboxylic acids is 2. The van der Waals surface area contributed by atoms with Crippen molar-refractivity contribution in [3.63, 3.8) is 0 Å². The molecule has 6 nitrogen and oxygen atoms in total. The highest BCUT2D eigenvalue weighted by Crippen LogP contribution is 2.17. The Kier molecular flexibility index (Phi) is 9.72. The quantitative estimate of drug-likeness (QED) is 0.422. The Bertz CT molecular complexity index is 1070. The summed E-state index contributed by atoms with van der Waals surface area (Å²) in [5.41, 5.74) is 3.14. The highest BCUT2D eigenvalue weighted by Gasteiger charge is 2.25. The van der Waals surface area contributed by atoms with Gasteiger partial charge >= 0.3 is 0 Å². The van der Waals surface area contributed by atoms with Crippen molar-refractivity contribution >= 4 is 11.8 Å². The van der Waals surface area contributed by atoms with E-state index in [2.05, 4.69) is 5.32 Å². The van der Waals surface area contributed by atoms with Crippen LogP contribution < -0.4 is 14.8 Å². The fourth-order valence-electron chi connectivity index (χ4n) is 3.82. The van der Waals surface area contributed by atoms with Crippen molar-refractivity contribution in [2.45, 2.75) is 38.8 Å². The second-order valence-corrected chi connectivity index (χ2v) is 8.42. The molecule has 0 heterocycles. The Morgan fingerprint density at radius 1 is 0.771 bits per heavy atom. The second kappa shape index (κ2) is 13.2. The van der Waals surface area contributed by atoms with Gasteiger partial charge in [0.05, 0.1) is 14.2 Å². The molecular formula is C29H34N2O4. The lowest BCUT2D eigenvalue weighted by molar-refractivity contribution is -0.140. The summed E-state index contributed by atoms with van der Waals surface area (Å²) in [7, 11) is 3.25. The van der Waals surface area contributed by atoms with E-state index in [1.54, 1.807) is 26.0 Å². The summed E-state index contributed by atoms with van der Waals surface area (Å²) in [5, 5.41) is 2.99. The third-order valence-electron chi connectivity index (χ3n) is 6.02. The Hall–Kier alpha value is -3.80. The third kappa shape index (κ3) is 7.88. The summed E-state index contributed by atoms with van der Waals surface area (Å²) < 4.78 is 10.4. The number of hydrogen-bond donors (Lipinski definition) is 1. The second-order valence-electron chi connectivity index (χ2n) is 8.42. The number of ether oxygens (including phenoxy) is 2. The Balaban J connectivity index is 1.63.